The molecule has 4 nitrogen and oxygen atoms in total. The van der Waals surface area contributed by atoms with Crippen LogP contribution in [0.2, 0.25) is 0 Å². The Morgan fingerprint density at radius 2 is 2.33 bits per heavy atom. The molecular formula is C8H11NO3. The van der Waals surface area contributed by atoms with E-state index in [1.54, 1.807) is 19.9 Å². The molecule has 1 heterocycles. The van der Waals surface area contributed by atoms with Crippen molar-refractivity contribution in [2.45, 2.75) is 13.8 Å². The van der Waals surface area contributed by atoms with Crippen molar-refractivity contribution in [2.75, 3.05) is 13.2 Å². The van der Waals surface area contributed by atoms with Gasteiger partial charge in [0.25, 0.3) is 5.91 Å². The molecule has 0 aromatic rings. The molecule has 0 unspecified atom stereocenters. The Hall–Kier alpha value is -1.32. The molecule has 0 aliphatic carbocycles. The first-order valence-corrected chi connectivity index (χ1v) is 3.78. The Balaban J connectivity index is 2.70. The normalized spacial score (nSPS) is 18.0. The third-order valence-electron chi connectivity index (χ3n) is 1.78. The second-order valence-electron chi connectivity index (χ2n) is 2.54. The van der Waals surface area contributed by atoms with Crippen molar-refractivity contribution in [3.05, 3.63) is 11.6 Å². The lowest BCUT2D eigenvalue weighted by Crippen LogP contribution is -2.32. The Bertz CT molecular complexity index is 245. The van der Waals surface area contributed by atoms with Crippen LogP contribution in [0.25, 0.3) is 0 Å². The molecular weight excluding hydrogens is 158 g/mol. The van der Waals surface area contributed by atoms with Crippen molar-refractivity contribution in [2.24, 2.45) is 0 Å². The van der Waals surface area contributed by atoms with Gasteiger partial charge in [-0.2, -0.15) is 0 Å². The molecule has 0 aromatic carbocycles. The van der Waals surface area contributed by atoms with E-state index >= 15 is 0 Å². The Morgan fingerprint density at radius 1 is 1.67 bits per heavy atom. The summed E-state index contributed by atoms with van der Waals surface area (Å²) < 4.78 is 4.62. The predicted octanol–water partition coefficient (Wildman–Crippen LogP) is 0.931. The van der Waals surface area contributed by atoms with Gasteiger partial charge in [0.05, 0.1) is 6.54 Å². The summed E-state index contributed by atoms with van der Waals surface area (Å²) in [6.45, 7) is 4.10. The minimum absolute atomic E-state index is 0.264. The van der Waals surface area contributed by atoms with Gasteiger partial charge in [-0.05, 0) is 13.8 Å². The number of hydrogen-bond acceptors (Lipinski definition) is 3. The number of imide groups is 1. The van der Waals surface area contributed by atoms with Gasteiger partial charge < -0.3 is 4.74 Å². The first-order chi connectivity index (χ1) is 5.66. The zero-order chi connectivity index (χ0) is 9.14. The summed E-state index contributed by atoms with van der Waals surface area (Å²) in [5.41, 5.74) is 0.564. The van der Waals surface area contributed by atoms with E-state index < -0.39 is 6.09 Å². The highest BCUT2D eigenvalue weighted by atomic mass is 16.6. The van der Waals surface area contributed by atoms with Gasteiger partial charge in [-0.1, -0.05) is 6.08 Å². The second kappa shape index (κ2) is 3.38. The minimum Gasteiger partial charge on any atom is -0.447 e. The van der Waals surface area contributed by atoms with E-state index in [9.17, 15) is 9.59 Å². The van der Waals surface area contributed by atoms with E-state index in [1.807, 2.05) is 0 Å². The maximum Gasteiger partial charge on any atom is 0.416 e. The van der Waals surface area contributed by atoms with Crippen LogP contribution in [0, 0.1) is 0 Å². The largest absolute Gasteiger partial charge is 0.447 e. The zero-order valence-corrected chi connectivity index (χ0v) is 7.16. The fourth-order valence-electron chi connectivity index (χ4n) is 0.914. The average Bonchev–Trinajstić information content (AvgIpc) is 2.48. The number of ether oxygens (including phenoxy) is 1. The topological polar surface area (TPSA) is 46.6 Å². The lowest BCUT2D eigenvalue weighted by Gasteiger charge is -2.09. The maximum absolute atomic E-state index is 11.3. The molecule has 2 amide bonds. The predicted molar refractivity (Wildman–Crippen MR) is 42.5 cm³/mol. The highest BCUT2D eigenvalue weighted by Gasteiger charge is 2.28. The van der Waals surface area contributed by atoms with Crippen LogP contribution in [0.1, 0.15) is 13.8 Å². The van der Waals surface area contributed by atoms with E-state index in [1.165, 1.54) is 0 Å². The quantitative estimate of drug-likeness (QED) is 0.548. The highest BCUT2D eigenvalue weighted by molar-refractivity contribution is 6.02. The van der Waals surface area contributed by atoms with Crippen molar-refractivity contribution in [1.29, 1.82) is 0 Å². The lowest BCUT2D eigenvalue weighted by atomic mass is 10.2. The molecule has 4 heteroatoms. The first-order valence-electron chi connectivity index (χ1n) is 3.78. The summed E-state index contributed by atoms with van der Waals surface area (Å²) in [6, 6.07) is 0. The van der Waals surface area contributed by atoms with E-state index in [-0.39, 0.29) is 5.91 Å². The van der Waals surface area contributed by atoms with Crippen molar-refractivity contribution < 1.29 is 14.3 Å². The average molecular weight is 169 g/mol. The molecule has 1 rings (SSSR count). The summed E-state index contributed by atoms with van der Waals surface area (Å²) in [5, 5.41) is 0. The molecule has 12 heavy (non-hydrogen) atoms. The van der Waals surface area contributed by atoms with Crippen LogP contribution in [-0.4, -0.2) is 30.1 Å². The second-order valence-corrected chi connectivity index (χ2v) is 2.54. The van der Waals surface area contributed by atoms with Gasteiger partial charge in [0.15, 0.2) is 0 Å². The summed E-state index contributed by atoms with van der Waals surface area (Å²) in [5.74, 6) is -0.264. The molecule has 0 saturated carbocycles. The zero-order valence-electron chi connectivity index (χ0n) is 7.16. The van der Waals surface area contributed by atoms with E-state index in [0.29, 0.717) is 18.7 Å². The Labute approximate surface area is 70.8 Å². The van der Waals surface area contributed by atoms with Crippen LogP contribution < -0.4 is 0 Å². The van der Waals surface area contributed by atoms with Gasteiger partial charge in [-0.3, -0.25) is 4.79 Å². The van der Waals surface area contributed by atoms with Crippen LogP contribution in [0.15, 0.2) is 11.6 Å². The molecule has 1 fully saturated rings. The monoisotopic (exact) mass is 169 g/mol. The van der Waals surface area contributed by atoms with Crippen LogP contribution in [0.3, 0.4) is 0 Å². The van der Waals surface area contributed by atoms with Gasteiger partial charge in [0.1, 0.15) is 6.61 Å². The number of cyclic esters (lactones) is 1. The summed E-state index contributed by atoms with van der Waals surface area (Å²) >= 11 is 0. The molecule has 0 N–H and O–H groups in total. The van der Waals surface area contributed by atoms with Crippen LogP contribution in [0.5, 0.6) is 0 Å². The van der Waals surface area contributed by atoms with E-state index in [2.05, 4.69) is 4.74 Å². The Morgan fingerprint density at radius 3 is 2.75 bits per heavy atom. The molecule has 1 saturated heterocycles. The van der Waals surface area contributed by atoms with Crippen LogP contribution >= 0.6 is 0 Å². The van der Waals surface area contributed by atoms with Crippen molar-refractivity contribution >= 4 is 12.0 Å². The Kier molecular flexibility index (Phi) is 2.47. The smallest absolute Gasteiger partial charge is 0.416 e. The number of rotatable bonds is 1. The number of carbonyl (C=O) groups excluding carboxylic acids is 2. The number of carbonyl (C=O) groups is 2. The van der Waals surface area contributed by atoms with Gasteiger partial charge in [0, 0.05) is 5.57 Å². The number of nitrogens with zero attached hydrogens (tertiary/aromatic N) is 1. The van der Waals surface area contributed by atoms with Crippen LogP contribution in [0.4, 0.5) is 4.79 Å². The fraction of sp³-hybridized carbons (Fsp3) is 0.500. The van der Waals surface area contributed by atoms with Gasteiger partial charge >= 0.3 is 6.09 Å². The lowest BCUT2D eigenvalue weighted by molar-refractivity contribution is -0.123. The molecule has 0 bridgehead atoms. The summed E-state index contributed by atoms with van der Waals surface area (Å²) in [6.07, 6.45) is 1.13. The van der Waals surface area contributed by atoms with Gasteiger partial charge in [-0.25, -0.2) is 9.69 Å². The molecule has 0 spiro atoms. The molecule has 1 aliphatic rings. The highest BCUT2D eigenvalue weighted by Crippen LogP contribution is 2.08. The molecule has 1 aliphatic heterocycles. The molecule has 66 valence electrons. The molecule has 0 aromatic heterocycles. The minimum atomic E-state index is -0.541. The maximum atomic E-state index is 11.3. The number of allylic oxidation sites excluding steroid dienone is 1. The number of hydrogen-bond donors (Lipinski definition) is 0. The molecule has 0 atom stereocenters. The van der Waals surface area contributed by atoms with Crippen LogP contribution in [-0.2, 0) is 9.53 Å². The third kappa shape index (κ3) is 1.47. The van der Waals surface area contributed by atoms with Crippen molar-refractivity contribution in [3.63, 3.8) is 0 Å². The van der Waals surface area contributed by atoms with Crippen molar-refractivity contribution in [3.8, 4) is 0 Å². The first kappa shape index (κ1) is 8.77. The molecule has 0 radical (unpaired) electrons. The van der Waals surface area contributed by atoms with Crippen molar-refractivity contribution in [1.82, 2.24) is 4.90 Å². The SMILES string of the molecule is CC=C(C)C(=O)N1CCOC1=O. The third-order valence-corrected chi connectivity index (χ3v) is 1.78. The van der Waals surface area contributed by atoms with E-state index in [0.717, 1.165) is 4.90 Å². The van der Waals surface area contributed by atoms with Gasteiger partial charge in [0.2, 0.25) is 0 Å². The number of amides is 2. The summed E-state index contributed by atoms with van der Waals surface area (Å²) in [7, 11) is 0. The fourth-order valence-corrected chi connectivity index (χ4v) is 0.914. The van der Waals surface area contributed by atoms with Gasteiger partial charge in [-0.15, -0.1) is 0 Å². The standard InChI is InChI=1S/C8H11NO3/c1-3-6(2)7(10)9-4-5-12-8(9)11/h3H,4-5H2,1-2H3. The van der Waals surface area contributed by atoms with E-state index in [4.69, 9.17) is 0 Å². The summed E-state index contributed by atoms with van der Waals surface area (Å²) in [4.78, 5) is 23.3.